The summed E-state index contributed by atoms with van der Waals surface area (Å²) in [4.78, 5) is 16.0. The molecule has 0 saturated carbocycles. The number of ether oxygens (including phenoxy) is 2. The number of aromatic nitrogens is 1. The van der Waals surface area contributed by atoms with E-state index in [2.05, 4.69) is 4.98 Å². The summed E-state index contributed by atoms with van der Waals surface area (Å²) in [5, 5.41) is 0. The van der Waals surface area contributed by atoms with Crippen molar-refractivity contribution in [2.75, 3.05) is 36.9 Å². The van der Waals surface area contributed by atoms with Gasteiger partial charge < -0.3 is 25.1 Å². The fourth-order valence-corrected chi connectivity index (χ4v) is 2.45. The molecule has 0 aliphatic carbocycles. The van der Waals surface area contributed by atoms with Crippen LogP contribution in [0, 0.1) is 0 Å². The van der Waals surface area contributed by atoms with Crippen LogP contribution < -0.4 is 16.2 Å². The third-order valence-electron chi connectivity index (χ3n) is 3.32. The van der Waals surface area contributed by atoms with E-state index in [9.17, 15) is 4.79 Å². The van der Waals surface area contributed by atoms with Crippen LogP contribution in [0.25, 0.3) is 0 Å². The minimum atomic E-state index is -0.491. The van der Waals surface area contributed by atoms with Crippen molar-refractivity contribution >= 4 is 11.4 Å². The average molecular weight is 237 g/mol. The molecule has 3 heterocycles. The van der Waals surface area contributed by atoms with Crippen molar-refractivity contribution in [3.05, 3.63) is 22.6 Å². The molecule has 0 atom stereocenters. The molecule has 2 fully saturated rings. The fourth-order valence-electron chi connectivity index (χ4n) is 2.45. The standard InChI is InChI=1S/C11H15N3O3/c12-9-8(1-3-13-10(9)15)14-4-2-11(7-14)16-5-6-17-11/h1,3H,2,4-7,12H2,(H,13,15). The van der Waals surface area contributed by atoms with Crippen molar-refractivity contribution in [1.29, 1.82) is 0 Å². The lowest BCUT2D eigenvalue weighted by Gasteiger charge is -2.23. The lowest BCUT2D eigenvalue weighted by molar-refractivity contribution is -0.137. The maximum atomic E-state index is 11.4. The van der Waals surface area contributed by atoms with Crippen LogP contribution in [0.15, 0.2) is 17.1 Å². The van der Waals surface area contributed by atoms with Crippen molar-refractivity contribution in [2.45, 2.75) is 12.2 Å². The molecule has 0 aromatic carbocycles. The summed E-state index contributed by atoms with van der Waals surface area (Å²) < 4.78 is 11.3. The number of rotatable bonds is 1. The molecule has 2 aliphatic heterocycles. The van der Waals surface area contributed by atoms with Gasteiger partial charge in [0, 0.05) is 19.2 Å². The highest BCUT2D eigenvalue weighted by atomic mass is 16.7. The van der Waals surface area contributed by atoms with E-state index in [1.54, 1.807) is 6.20 Å². The minimum absolute atomic E-state index is 0.252. The van der Waals surface area contributed by atoms with Gasteiger partial charge in [-0.3, -0.25) is 4.79 Å². The van der Waals surface area contributed by atoms with Crippen LogP contribution in [-0.4, -0.2) is 37.1 Å². The van der Waals surface area contributed by atoms with E-state index in [4.69, 9.17) is 15.2 Å². The van der Waals surface area contributed by atoms with E-state index >= 15 is 0 Å². The van der Waals surface area contributed by atoms with Crippen LogP contribution in [0.3, 0.4) is 0 Å². The van der Waals surface area contributed by atoms with E-state index in [1.165, 1.54) is 0 Å². The van der Waals surface area contributed by atoms with Gasteiger partial charge in [-0.1, -0.05) is 0 Å². The summed E-state index contributed by atoms with van der Waals surface area (Å²) in [5.41, 5.74) is 6.54. The molecule has 1 spiro atoms. The molecule has 0 unspecified atom stereocenters. The number of nitrogens with two attached hydrogens (primary N) is 1. The zero-order chi connectivity index (χ0) is 11.9. The van der Waals surface area contributed by atoms with Crippen molar-refractivity contribution in [3.8, 4) is 0 Å². The molecule has 17 heavy (non-hydrogen) atoms. The number of nitrogen functional groups attached to an aromatic ring is 1. The summed E-state index contributed by atoms with van der Waals surface area (Å²) >= 11 is 0. The van der Waals surface area contributed by atoms with Crippen LogP contribution in [0.4, 0.5) is 11.4 Å². The molecule has 2 saturated heterocycles. The number of hydrogen-bond acceptors (Lipinski definition) is 5. The summed E-state index contributed by atoms with van der Waals surface area (Å²) in [6.07, 6.45) is 2.41. The molecule has 3 rings (SSSR count). The Balaban J connectivity index is 1.87. The van der Waals surface area contributed by atoms with Gasteiger partial charge in [0.05, 0.1) is 25.4 Å². The molecule has 0 amide bonds. The molecule has 92 valence electrons. The number of nitrogens with one attached hydrogen (secondary N) is 1. The van der Waals surface area contributed by atoms with Crippen LogP contribution in [-0.2, 0) is 9.47 Å². The lowest BCUT2D eigenvalue weighted by atomic mass is 10.2. The normalized spacial score (nSPS) is 22.5. The molecule has 0 radical (unpaired) electrons. The molecule has 0 bridgehead atoms. The Kier molecular flexibility index (Phi) is 2.34. The third-order valence-corrected chi connectivity index (χ3v) is 3.32. The Labute approximate surface area is 98.3 Å². The average Bonchev–Trinajstić information content (AvgIpc) is 2.94. The second kappa shape index (κ2) is 3.75. The monoisotopic (exact) mass is 237 g/mol. The van der Waals surface area contributed by atoms with Crippen molar-refractivity contribution in [3.63, 3.8) is 0 Å². The first-order valence-corrected chi connectivity index (χ1v) is 5.70. The van der Waals surface area contributed by atoms with Gasteiger partial charge in [-0.05, 0) is 6.07 Å². The highest BCUT2D eigenvalue weighted by Crippen LogP contribution is 2.34. The minimum Gasteiger partial charge on any atom is -0.393 e. The van der Waals surface area contributed by atoms with Gasteiger partial charge >= 0.3 is 0 Å². The van der Waals surface area contributed by atoms with Crippen LogP contribution in [0.5, 0.6) is 0 Å². The maximum Gasteiger partial charge on any atom is 0.273 e. The Morgan fingerprint density at radius 3 is 2.94 bits per heavy atom. The number of nitrogens with zero attached hydrogens (tertiary/aromatic N) is 1. The first kappa shape index (κ1) is 10.6. The Bertz CT molecular complexity index is 479. The summed E-state index contributed by atoms with van der Waals surface area (Å²) in [6.45, 7) is 2.69. The van der Waals surface area contributed by atoms with Crippen LogP contribution in [0.2, 0.25) is 0 Å². The Morgan fingerprint density at radius 2 is 2.18 bits per heavy atom. The quantitative estimate of drug-likeness (QED) is 0.713. The van der Waals surface area contributed by atoms with Crippen molar-refractivity contribution < 1.29 is 9.47 Å². The first-order chi connectivity index (χ1) is 8.20. The SMILES string of the molecule is Nc1c(N2CCC3(C2)OCCO3)cc[nH]c1=O. The molecule has 2 aliphatic rings. The predicted molar refractivity (Wildman–Crippen MR) is 62.9 cm³/mol. The zero-order valence-corrected chi connectivity index (χ0v) is 9.44. The smallest absolute Gasteiger partial charge is 0.273 e. The maximum absolute atomic E-state index is 11.4. The van der Waals surface area contributed by atoms with Gasteiger partial charge in [0.1, 0.15) is 5.69 Å². The number of aromatic amines is 1. The summed E-state index contributed by atoms with van der Waals surface area (Å²) in [6, 6.07) is 1.81. The van der Waals surface area contributed by atoms with E-state index < -0.39 is 5.79 Å². The van der Waals surface area contributed by atoms with Crippen LogP contribution >= 0.6 is 0 Å². The van der Waals surface area contributed by atoms with Gasteiger partial charge in [0.15, 0.2) is 5.79 Å². The lowest BCUT2D eigenvalue weighted by Crippen LogP contribution is -2.35. The highest BCUT2D eigenvalue weighted by Gasteiger charge is 2.43. The molecular weight excluding hydrogens is 222 g/mol. The van der Waals surface area contributed by atoms with Crippen molar-refractivity contribution in [1.82, 2.24) is 4.98 Å². The zero-order valence-electron chi connectivity index (χ0n) is 9.44. The van der Waals surface area contributed by atoms with Crippen LogP contribution in [0.1, 0.15) is 6.42 Å². The summed E-state index contributed by atoms with van der Waals surface area (Å²) in [5.74, 6) is -0.491. The molecule has 6 nitrogen and oxygen atoms in total. The van der Waals surface area contributed by atoms with Gasteiger partial charge in [0.25, 0.3) is 5.56 Å². The predicted octanol–water partition coefficient (Wildman–Crippen LogP) is -0.0897. The Morgan fingerprint density at radius 1 is 1.41 bits per heavy atom. The number of H-pyrrole nitrogens is 1. The van der Waals surface area contributed by atoms with Gasteiger partial charge in [-0.25, -0.2) is 0 Å². The Hall–Kier alpha value is -1.53. The topological polar surface area (TPSA) is 80.6 Å². The van der Waals surface area contributed by atoms with E-state index in [-0.39, 0.29) is 11.2 Å². The molecule has 1 aromatic heterocycles. The highest BCUT2D eigenvalue weighted by molar-refractivity contribution is 5.66. The largest absolute Gasteiger partial charge is 0.393 e. The molecule has 1 aromatic rings. The van der Waals surface area contributed by atoms with Gasteiger partial charge in [0.2, 0.25) is 0 Å². The fraction of sp³-hybridized carbons (Fsp3) is 0.545. The second-order valence-corrected chi connectivity index (χ2v) is 4.38. The van der Waals surface area contributed by atoms with E-state index in [1.807, 2.05) is 11.0 Å². The van der Waals surface area contributed by atoms with Gasteiger partial charge in [-0.2, -0.15) is 0 Å². The number of hydrogen-bond donors (Lipinski definition) is 2. The second-order valence-electron chi connectivity index (χ2n) is 4.38. The number of pyridine rings is 1. The summed E-state index contributed by atoms with van der Waals surface area (Å²) in [7, 11) is 0. The van der Waals surface area contributed by atoms with E-state index in [0.717, 1.165) is 18.7 Å². The third kappa shape index (κ3) is 1.69. The molecule has 6 heteroatoms. The van der Waals surface area contributed by atoms with E-state index in [0.29, 0.717) is 19.8 Å². The molecular formula is C11H15N3O3. The molecule has 3 N–H and O–H groups in total. The first-order valence-electron chi connectivity index (χ1n) is 5.70. The van der Waals surface area contributed by atoms with Gasteiger partial charge in [-0.15, -0.1) is 0 Å². The number of anilines is 2. The van der Waals surface area contributed by atoms with Crippen molar-refractivity contribution in [2.24, 2.45) is 0 Å².